The molecule has 11 nitrogen and oxygen atoms in total. The fourth-order valence-electron chi connectivity index (χ4n) is 2.76. The molecule has 31 heavy (non-hydrogen) atoms. The molecule has 3 rings (SSSR count). The van der Waals surface area contributed by atoms with Crippen LogP contribution < -0.4 is 26.8 Å². The molecular formula is C20H24N8O3. The molecule has 0 saturated heterocycles. The zero-order chi connectivity index (χ0) is 22.7. The molecule has 0 aliphatic heterocycles. The Kier molecular flexibility index (Phi) is 6.25. The molecule has 1 unspecified atom stereocenters. The number of hydrogen-bond acceptors (Lipinski definition) is 10. The van der Waals surface area contributed by atoms with E-state index in [9.17, 15) is 9.59 Å². The predicted molar refractivity (Wildman–Crippen MR) is 116 cm³/mol. The first kappa shape index (κ1) is 21.8. The fraction of sp³-hybridized carbons (Fsp3) is 0.300. The Hall–Kier alpha value is -3.86. The highest BCUT2D eigenvalue weighted by Gasteiger charge is 2.20. The van der Waals surface area contributed by atoms with Crippen molar-refractivity contribution >= 4 is 40.5 Å². The Morgan fingerprint density at radius 2 is 1.77 bits per heavy atom. The number of fused-ring (bicyclic) bond motifs is 1. The van der Waals surface area contributed by atoms with Gasteiger partial charge in [0.25, 0.3) is 0 Å². The van der Waals surface area contributed by atoms with E-state index in [1.54, 1.807) is 24.3 Å². The molecule has 0 fully saturated rings. The molecule has 6 N–H and O–H groups in total. The van der Waals surface area contributed by atoms with Crippen LogP contribution in [0.25, 0.3) is 11.2 Å². The van der Waals surface area contributed by atoms with Crippen LogP contribution in [-0.4, -0.2) is 37.9 Å². The maximum Gasteiger partial charge on any atom is 0.328 e. The van der Waals surface area contributed by atoms with Crippen molar-refractivity contribution in [3.63, 3.8) is 0 Å². The molecule has 1 amide bonds. The summed E-state index contributed by atoms with van der Waals surface area (Å²) in [5.41, 5.74) is 18.9. The van der Waals surface area contributed by atoms with Crippen LogP contribution in [0.4, 0.5) is 17.5 Å². The molecule has 3 aromatic rings. The summed E-state index contributed by atoms with van der Waals surface area (Å²) >= 11 is 0. The molecule has 162 valence electrons. The van der Waals surface area contributed by atoms with E-state index < -0.39 is 12.0 Å². The second-order valence-electron chi connectivity index (χ2n) is 7.29. The second-order valence-corrected chi connectivity index (χ2v) is 7.29. The van der Waals surface area contributed by atoms with Gasteiger partial charge < -0.3 is 26.8 Å². The fourth-order valence-corrected chi connectivity index (χ4v) is 2.76. The van der Waals surface area contributed by atoms with Gasteiger partial charge in [-0.15, -0.1) is 0 Å². The lowest BCUT2D eigenvalue weighted by molar-refractivity contribution is -0.136. The first-order chi connectivity index (χ1) is 14.7. The Bertz CT molecular complexity index is 1120. The number of rotatable bonds is 6. The van der Waals surface area contributed by atoms with Crippen LogP contribution in [0.15, 0.2) is 30.5 Å². The van der Waals surface area contributed by atoms with Gasteiger partial charge in [0.05, 0.1) is 18.4 Å². The van der Waals surface area contributed by atoms with E-state index >= 15 is 0 Å². The van der Waals surface area contributed by atoms with Gasteiger partial charge in [0, 0.05) is 12.6 Å². The van der Waals surface area contributed by atoms with Crippen LogP contribution in [0, 0.1) is 5.92 Å². The first-order valence-corrected chi connectivity index (χ1v) is 9.55. The summed E-state index contributed by atoms with van der Waals surface area (Å²) < 4.78 is 5.29. The topological polar surface area (TPSA) is 176 Å². The zero-order valence-corrected chi connectivity index (χ0v) is 17.4. The zero-order valence-electron chi connectivity index (χ0n) is 17.4. The molecule has 0 aliphatic carbocycles. The van der Waals surface area contributed by atoms with Crippen molar-refractivity contribution in [2.75, 3.05) is 16.4 Å². The minimum absolute atomic E-state index is 0.00699. The largest absolute Gasteiger partial charge is 0.425 e. The summed E-state index contributed by atoms with van der Waals surface area (Å²) in [6.07, 6.45) is 1.49. The molecule has 0 aliphatic rings. The van der Waals surface area contributed by atoms with Crippen molar-refractivity contribution in [3.8, 4) is 5.75 Å². The molecule has 1 atom stereocenters. The monoisotopic (exact) mass is 424 g/mol. The summed E-state index contributed by atoms with van der Waals surface area (Å²) in [6.45, 7) is 5.25. The number of esters is 1. The highest BCUT2D eigenvalue weighted by atomic mass is 16.5. The van der Waals surface area contributed by atoms with Crippen molar-refractivity contribution in [1.29, 1.82) is 0 Å². The van der Waals surface area contributed by atoms with Gasteiger partial charge in [-0.3, -0.25) is 4.79 Å². The average Bonchev–Trinajstić information content (AvgIpc) is 2.72. The molecule has 0 saturated carbocycles. The summed E-state index contributed by atoms with van der Waals surface area (Å²) in [6, 6.07) is 5.80. The van der Waals surface area contributed by atoms with E-state index in [4.69, 9.17) is 21.9 Å². The highest BCUT2D eigenvalue weighted by Crippen LogP contribution is 2.23. The van der Waals surface area contributed by atoms with Gasteiger partial charge in [0.2, 0.25) is 11.9 Å². The van der Waals surface area contributed by atoms with E-state index in [1.165, 1.54) is 18.0 Å². The van der Waals surface area contributed by atoms with Crippen molar-refractivity contribution in [2.45, 2.75) is 33.4 Å². The third-order valence-electron chi connectivity index (χ3n) is 4.56. The van der Waals surface area contributed by atoms with E-state index in [2.05, 4.69) is 19.9 Å². The van der Waals surface area contributed by atoms with Crippen LogP contribution in [0.5, 0.6) is 5.75 Å². The molecular weight excluding hydrogens is 400 g/mol. The summed E-state index contributed by atoms with van der Waals surface area (Å²) in [5.74, 6) is -0.321. The number of ether oxygens (including phenoxy) is 1. The summed E-state index contributed by atoms with van der Waals surface area (Å²) in [4.78, 5) is 42.3. The number of nitrogens with two attached hydrogens (primary N) is 3. The van der Waals surface area contributed by atoms with E-state index in [-0.39, 0.29) is 35.8 Å². The quantitative estimate of drug-likeness (QED) is 0.382. The maximum absolute atomic E-state index is 12.3. The van der Waals surface area contributed by atoms with E-state index in [0.29, 0.717) is 22.6 Å². The molecule has 1 aromatic carbocycles. The number of amides is 1. The lowest BCUT2D eigenvalue weighted by Crippen LogP contribution is -2.38. The van der Waals surface area contributed by atoms with Gasteiger partial charge in [0.1, 0.15) is 11.8 Å². The first-order valence-electron chi connectivity index (χ1n) is 9.55. The normalized spacial score (nSPS) is 12.0. The van der Waals surface area contributed by atoms with E-state index in [0.717, 1.165) is 0 Å². The number of nitrogens with zero attached hydrogens (tertiary/aromatic N) is 5. The predicted octanol–water partition coefficient (Wildman–Crippen LogP) is 1.03. The molecule has 2 heterocycles. The Morgan fingerprint density at radius 1 is 1.10 bits per heavy atom. The lowest BCUT2D eigenvalue weighted by atomic mass is 10.1. The molecule has 0 spiro atoms. The Morgan fingerprint density at radius 3 is 2.39 bits per heavy atom. The molecule has 0 radical (unpaired) electrons. The number of carbonyl (C=O) groups excluding carboxylic acids is 2. The van der Waals surface area contributed by atoms with Gasteiger partial charge in [-0.05, 0) is 30.2 Å². The number of hydrogen-bond donors (Lipinski definition) is 3. The van der Waals surface area contributed by atoms with Crippen molar-refractivity contribution < 1.29 is 14.3 Å². The lowest BCUT2D eigenvalue weighted by Gasteiger charge is -2.21. The van der Waals surface area contributed by atoms with E-state index in [1.807, 2.05) is 13.8 Å². The minimum Gasteiger partial charge on any atom is -0.425 e. The summed E-state index contributed by atoms with van der Waals surface area (Å²) in [7, 11) is 0. The van der Waals surface area contributed by atoms with Gasteiger partial charge in [-0.25, -0.2) is 14.8 Å². The number of carbonyl (C=O) groups is 2. The van der Waals surface area contributed by atoms with Gasteiger partial charge in [-0.2, -0.15) is 9.97 Å². The number of aromatic nitrogens is 4. The third kappa shape index (κ3) is 5.01. The number of benzene rings is 1. The third-order valence-corrected chi connectivity index (χ3v) is 4.56. The van der Waals surface area contributed by atoms with Crippen LogP contribution in [0.1, 0.15) is 26.5 Å². The maximum atomic E-state index is 12.3. The van der Waals surface area contributed by atoms with Gasteiger partial charge in [0.15, 0.2) is 17.0 Å². The molecule has 2 aromatic heterocycles. The van der Waals surface area contributed by atoms with Crippen LogP contribution in [0.3, 0.4) is 0 Å². The molecule has 11 heteroatoms. The summed E-state index contributed by atoms with van der Waals surface area (Å²) in [5, 5.41) is 0. The minimum atomic E-state index is -0.716. The average molecular weight is 424 g/mol. The second kappa shape index (κ2) is 8.88. The Labute approximate surface area is 178 Å². The number of anilines is 3. The Balaban J connectivity index is 1.80. The molecule has 0 bridgehead atoms. The van der Waals surface area contributed by atoms with Crippen molar-refractivity contribution in [1.82, 2.24) is 19.9 Å². The van der Waals surface area contributed by atoms with Crippen molar-refractivity contribution in [2.24, 2.45) is 11.7 Å². The number of nitrogen functional groups attached to an aromatic ring is 2. The van der Waals surface area contributed by atoms with Gasteiger partial charge in [-0.1, -0.05) is 13.8 Å². The smallest absolute Gasteiger partial charge is 0.328 e. The van der Waals surface area contributed by atoms with Gasteiger partial charge >= 0.3 is 5.97 Å². The SMILES string of the molecule is CC(=O)N(Cc1cnc2nc(N)nc(N)c2n1)c1ccc(OC(=O)C(N)C(C)C)cc1. The van der Waals surface area contributed by atoms with Crippen molar-refractivity contribution in [3.05, 3.63) is 36.2 Å². The van der Waals surface area contributed by atoms with Crippen LogP contribution in [0.2, 0.25) is 0 Å². The highest BCUT2D eigenvalue weighted by molar-refractivity contribution is 5.91. The van der Waals surface area contributed by atoms with Crippen LogP contribution in [-0.2, 0) is 16.1 Å². The van der Waals surface area contributed by atoms with Crippen LogP contribution >= 0.6 is 0 Å². The standard InChI is InChI=1S/C20H24N8O3/c1-10(2)15(21)19(30)31-14-6-4-13(5-7-14)28(11(3)29)9-12-8-24-18-16(25-12)17(22)26-20(23)27-18/h4-8,10,15H,9,21H2,1-3H3,(H4,22,23,24,26,27).